The van der Waals surface area contributed by atoms with E-state index in [1.165, 1.54) is 0 Å². The molecule has 118 valence electrons. The molecule has 1 fully saturated rings. The van der Waals surface area contributed by atoms with Gasteiger partial charge in [0.25, 0.3) is 0 Å². The first kappa shape index (κ1) is 15.4. The minimum Gasteiger partial charge on any atom is -0.337 e. The van der Waals surface area contributed by atoms with E-state index in [1.54, 1.807) is 16.7 Å². The smallest absolute Gasteiger partial charge is 0.237 e. The molecular formula is C16H21N3O2S. The van der Waals surface area contributed by atoms with E-state index < -0.39 is 0 Å². The van der Waals surface area contributed by atoms with Crippen LogP contribution in [0, 0.1) is 0 Å². The molecule has 22 heavy (non-hydrogen) atoms. The van der Waals surface area contributed by atoms with Gasteiger partial charge in [0, 0.05) is 43.5 Å². The molecule has 0 bridgehead atoms. The lowest BCUT2D eigenvalue weighted by Crippen LogP contribution is -2.52. The highest BCUT2D eigenvalue weighted by Gasteiger charge is 2.27. The number of nitrogens with one attached hydrogen (secondary N) is 1. The Bertz CT molecular complexity index is 578. The Kier molecular flexibility index (Phi) is 4.69. The van der Waals surface area contributed by atoms with Gasteiger partial charge >= 0.3 is 0 Å². The average Bonchev–Trinajstić information content (AvgIpc) is 2.54. The van der Waals surface area contributed by atoms with E-state index in [2.05, 4.69) is 12.2 Å². The van der Waals surface area contributed by atoms with Crippen LogP contribution >= 0.6 is 11.8 Å². The van der Waals surface area contributed by atoms with Crippen LogP contribution in [0.4, 0.5) is 5.69 Å². The molecule has 0 saturated carbocycles. The Morgan fingerprint density at radius 1 is 1.41 bits per heavy atom. The fourth-order valence-corrected chi connectivity index (χ4v) is 3.90. The summed E-state index contributed by atoms with van der Waals surface area (Å²) in [6, 6.07) is 8.12. The monoisotopic (exact) mass is 319 g/mol. The first-order valence-corrected chi connectivity index (χ1v) is 8.68. The normalized spacial score (nSPS) is 21.7. The standard InChI is InChI=1S/C16H21N3O2S/c1-12-10-17-7-9-18(12)15(20)6-8-19-13-4-2-3-5-14(13)22-11-16(19)21/h2-5,12,17H,6-11H2,1H3/t12-/m1/s1. The lowest BCUT2D eigenvalue weighted by atomic mass is 10.2. The lowest BCUT2D eigenvalue weighted by Gasteiger charge is -2.35. The predicted octanol–water partition coefficient (Wildman–Crippen LogP) is 1.34. The lowest BCUT2D eigenvalue weighted by molar-refractivity contribution is -0.133. The molecule has 0 aromatic heterocycles. The molecule has 0 aliphatic carbocycles. The summed E-state index contributed by atoms with van der Waals surface area (Å²) in [5, 5.41) is 3.28. The van der Waals surface area contributed by atoms with Crippen LogP contribution in [0.1, 0.15) is 13.3 Å². The number of para-hydroxylation sites is 1. The van der Waals surface area contributed by atoms with Crippen molar-refractivity contribution in [2.24, 2.45) is 0 Å². The number of benzene rings is 1. The highest BCUT2D eigenvalue weighted by atomic mass is 32.2. The molecular weight excluding hydrogens is 298 g/mol. The van der Waals surface area contributed by atoms with Gasteiger partial charge < -0.3 is 15.1 Å². The van der Waals surface area contributed by atoms with Crippen LogP contribution < -0.4 is 10.2 Å². The highest BCUT2D eigenvalue weighted by Crippen LogP contribution is 2.34. The Hall–Kier alpha value is -1.53. The minimum atomic E-state index is 0.0878. The molecule has 0 unspecified atom stereocenters. The maximum Gasteiger partial charge on any atom is 0.237 e. The van der Waals surface area contributed by atoms with Crippen molar-refractivity contribution in [2.45, 2.75) is 24.3 Å². The molecule has 5 nitrogen and oxygen atoms in total. The van der Waals surface area contributed by atoms with Gasteiger partial charge in [-0.3, -0.25) is 9.59 Å². The van der Waals surface area contributed by atoms with Crippen molar-refractivity contribution in [1.29, 1.82) is 0 Å². The number of piperazine rings is 1. The summed E-state index contributed by atoms with van der Waals surface area (Å²) in [6.07, 6.45) is 0.384. The van der Waals surface area contributed by atoms with Crippen molar-refractivity contribution >= 4 is 29.3 Å². The summed E-state index contributed by atoms with van der Waals surface area (Å²) in [5.41, 5.74) is 0.935. The third-order valence-electron chi connectivity index (χ3n) is 4.18. The number of hydrogen-bond acceptors (Lipinski definition) is 4. The van der Waals surface area contributed by atoms with E-state index in [-0.39, 0.29) is 17.9 Å². The zero-order valence-electron chi connectivity index (χ0n) is 12.7. The van der Waals surface area contributed by atoms with Gasteiger partial charge in [-0.1, -0.05) is 12.1 Å². The van der Waals surface area contributed by atoms with E-state index in [0.29, 0.717) is 18.7 Å². The predicted molar refractivity (Wildman–Crippen MR) is 88.2 cm³/mol. The largest absolute Gasteiger partial charge is 0.337 e. The number of carbonyl (C=O) groups excluding carboxylic acids is 2. The number of thioether (sulfide) groups is 1. The van der Waals surface area contributed by atoms with Gasteiger partial charge in [-0.2, -0.15) is 0 Å². The van der Waals surface area contributed by atoms with Crippen molar-refractivity contribution in [2.75, 3.05) is 36.8 Å². The summed E-state index contributed by atoms with van der Waals surface area (Å²) in [4.78, 5) is 29.4. The summed E-state index contributed by atoms with van der Waals surface area (Å²) in [6.45, 7) is 4.96. The SMILES string of the molecule is C[C@@H]1CNCCN1C(=O)CCN1C(=O)CSc2ccccc21. The van der Waals surface area contributed by atoms with Crippen molar-refractivity contribution in [3.05, 3.63) is 24.3 Å². The molecule has 1 saturated heterocycles. The summed E-state index contributed by atoms with van der Waals surface area (Å²) in [7, 11) is 0. The van der Waals surface area contributed by atoms with Crippen LogP contribution in [-0.2, 0) is 9.59 Å². The molecule has 1 atom stereocenters. The Morgan fingerprint density at radius 2 is 2.23 bits per heavy atom. The molecule has 6 heteroatoms. The third-order valence-corrected chi connectivity index (χ3v) is 5.23. The van der Waals surface area contributed by atoms with Gasteiger partial charge in [0.05, 0.1) is 11.4 Å². The fraction of sp³-hybridized carbons (Fsp3) is 0.500. The van der Waals surface area contributed by atoms with E-state index in [4.69, 9.17) is 0 Å². The molecule has 0 radical (unpaired) electrons. The molecule has 0 spiro atoms. The van der Waals surface area contributed by atoms with E-state index in [1.807, 2.05) is 29.2 Å². The van der Waals surface area contributed by atoms with Crippen molar-refractivity contribution in [3.8, 4) is 0 Å². The molecule has 2 heterocycles. The molecule has 2 aliphatic heterocycles. The van der Waals surface area contributed by atoms with Crippen LogP contribution in [0.15, 0.2) is 29.2 Å². The number of anilines is 1. The second kappa shape index (κ2) is 6.71. The second-order valence-electron chi connectivity index (χ2n) is 5.69. The summed E-state index contributed by atoms with van der Waals surface area (Å²) in [5.74, 6) is 0.678. The van der Waals surface area contributed by atoms with Crippen LogP contribution in [0.5, 0.6) is 0 Å². The van der Waals surface area contributed by atoms with E-state index >= 15 is 0 Å². The van der Waals surface area contributed by atoms with Gasteiger partial charge in [0.2, 0.25) is 11.8 Å². The average molecular weight is 319 g/mol. The number of nitrogens with zero attached hydrogens (tertiary/aromatic N) is 2. The van der Waals surface area contributed by atoms with Crippen LogP contribution in [0.2, 0.25) is 0 Å². The maximum atomic E-state index is 12.4. The van der Waals surface area contributed by atoms with Gasteiger partial charge in [0.1, 0.15) is 0 Å². The third kappa shape index (κ3) is 3.13. The summed E-state index contributed by atoms with van der Waals surface area (Å²) >= 11 is 1.57. The molecule has 1 N–H and O–H groups in total. The van der Waals surface area contributed by atoms with Gasteiger partial charge in [-0.15, -0.1) is 11.8 Å². The Balaban J connectivity index is 1.66. The fourth-order valence-electron chi connectivity index (χ4n) is 2.96. The molecule has 2 amide bonds. The first-order valence-electron chi connectivity index (χ1n) is 7.69. The second-order valence-corrected chi connectivity index (χ2v) is 6.71. The van der Waals surface area contributed by atoms with Crippen LogP contribution in [0.3, 0.4) is 0 Å². The van der Waals surface area contributed by atoms with E-state index in [9.17, 15) is 9.59 Å². The number of hydrogen-bond donors (Lipinski definition) is 1. The number of carbonyl (C=O) groups is 2. The number of fused-ring (bicyclic) bond motifs is 1. The minimum absolute atomic E-state index is 0.0878. The highest BCUT2D eigenvalue weighted by molar-refractivity contribution is 8.00. The van der Waals surface area contributed by atoms with Crippen LogP contribution in [0.25, 0.3) is 0 Å². The van der Waals surface area contributed by atoms with Crippen molar-refractivity contribution in [3.63, 3.8) is 0 Å². The Morgan fingerprint density at radius 3 is 3.05 bits per heavy atom. The van der Waals surface area contributed by atoms with Gasteiger partial charge in [-0.05, 0) is 19.1 Å². The molecule has 2 aliphatic rings. The van der Waals surface area contributed by atoms with Gasteiger partial charge in [0.15, 0.2) is 0 Å². The number of rotatable bonds is 3. The maximum absolute atomic E-state index is 12.4. The molecule has 1 aromatic rings. The van der Waals surface area contributed by atoms with Crippen molar-refractivity contribution < 1.29 is 9.59 Å². The van der Waals surface area contributed by atoms with Crippen molar-refractivity contribution in [1.82, 2.24) is 10.2 Å². The summed E-state index contributed by atoms with van der Waals surface area (Å²) < 4.78 is 0. The topological polar surface area (TPSA) is 52.7 Å². The molecule has 3 rings (SSSR count). The molecule has 1 aromatic carbocycles. The zero-order valence-corrected chi connectivity index (χ0v) is 13.6. The first-order chi connectivity index (χ1) is 10.7. The van der Waals surface area contributed by atoms with Crippen LogP contribution in [-0.4, -0.2) is 54.7 Å². The quantitative estimate of drug-likeness (QED) is 0.913. The number of amides is 2. The Labute approximate surface area is 135 Å². The van der Waals surface area contributed by atoms with E-state index in [0.717, 1.165) is 30.2 Å². The van der Waals surface area contributed by atoms with Gasteiger partial charge in [-0.25, -0.2) is 0 Å². The zero-order chi connectivity index (χ0) is 15.5.